The molecular weight excluding hydrogens is 295 g/mol. The van der Waals surface area contributed by atoms with Crippen LogP contribution in [0.4, 0.5) is 0 Å². The van der Waals surface area contributed by atoms with Crippen LogP contribution in [0.25, 0.3) is 0 Å². The van der Waals surface area contributed by atoms with Crippen molar-refractivity contribution in [3.63, 3.8) is 0 Å². The second kappa shape index (κ2) is 9.91. The number of hydrogen-bond acceptors (Lipinski definition) is 2. The van der Waals surface area contributed by atoms with E-state index in [0.29, 0.717) is 22.5 Å². The van der Waals surface area contributed by atoms with Crippen LogP contribution >= 0.6 is 0 Å². The van der Waals surface area contributed by atoms with Crippen molar-refractivity contribution in [2.45, 2.75) is 63.1 Å². The number of hydrogen-bond donors (Lipinski definition) is 0. The zero-order valence-corrected chi connectivity index (χ0v) is 16.7. The van der Waals surface area contributed by atoms with Crippen molar-refractivity contribution in [1.82, 2.24) is 0 Å². The summed E-state index contributed by atoms with van der Waals surface area (Å²) in [5.41, 5.74) is 0. The van der Waals surface area contributed by atoms with Gasteiger partial charge in [-0.3, -0.25) is 0 Å². The third-order valence-electron chi connectivity index (χ3n) is 2.51. The number of ether oxygens (including phenoxy) is 2. The molecule has 0 atom stereocenters. The summed E-state index contributed by atoms with van der Waals surface area (Å²) in [4.78, 5) is 0. The molecule has 3 heteroatoms. The zero-order valence-electron chi connectivity index (χ0n) is 11.0. The first-order valence-corrected chi connectivity index (χ1v) is 9.31. The monoisotopic (exact) mass is 324 g/mol. The van der Waals surface area contributed by atoms with E-state index < -0.39 is 0 Å². The van der Waals surface area contributed by atoms with E-state index in [1.165, 1.54) is 12.8 Å². The van der Waals surface area contributed by atoms with Gasteiger partial charge in [0, 0.05) is 0 Å². The van der Waals surface area contributed by atoms with E-state index in [1.54, 1.807) is 0 Å². The van der Waals surface area contributed by atoms with Gasteiger partial charge < -0.3 is 0 Å². The third-order valence-corrected chi connectivity index (χ3v) is 5.59. The van der Waals surface area contributed by atoms with Gasteiger partial charge in [0.05, 0.1) is 0 Å². The number of rotatable bonds is 10. The number of unbranched alkanes of at least 4 members (excludes halogenated alkanes) is 2. The minimum absolute atomic E-state index is 0.138. The average Bonchev–Trinajstić information content (AvgIpc) is 2.19. The van der Waals surface area contributed by atoms with E-state index in [4.69, 9.17) is 9.47 Å². The fraction of sp³-hybridized carbons (Fsp3) is 1.00. The Labute approximate surface area is 108 Å². The zero-order chi connectivity index (χ0) is 11.6. The molecule has 0 rings (SSSR count). The van der Waals surface area contributed by atoms with Gasteiger partial charge in [-0.25, -0.2) is 0 Å². The van der Waals surface area contributed by atoms with Gasteiger partial charge in [-0.15, -0.1) is 0 Å². The van der Waals surface area contributed by atoms with Crippen LogP contribution in [0.15, 0.2) is 0 Å². The average molecular weight is 323 g/mol. The molecule has 0 saturated carbocycles. The Morgan fingerprint density at radius 2 is 1.33 bits per heavy atom. The molecule has 15 heavy (non-hydrogen) atoms. The Morgan fingerprint density at radius 1 is 0.867 bits per heavy atom. The molecule has 0 amide bonds. The van der Waals surface area contributed by atoms with Gasteiger partial charge in [-0.2, -0.15) is 0 Å². The first-order chi connectivity index (χ1) is 7.18. The van der Waals surface area contributed by atoms with E-state index in [2.05, 4.69) is 20.8 Å². The minimum atomic E-state index is -0.138. The third kappa shape index (κ3) is 8.52. The molecule has 0 aromatic heterocycles. The molecule has 0 aromatic rings. The molecule has 0 saturated heterocycles. The molecule has 0 spiro atoms. The van der Waals surface area contributed by atoms with Crippen molar-refractivity contribution < 1.29 is 9.47 Å². The topological polar surface area (TPSA) is 18.5 Å². The van der Waals surface area contributed by atoms with Crippen LogP contribution in [0.2, 0.25) is 0 Å². The molecule has 2 nitrogen and oxygen atoms in total. The van der Waals surface area contributed by atoms with Crippen molar-refractivity contribution in [2.75, 3.05) is 13.2 Å². The van der Waals surface area contributed by atoms with Crippen molar-refractivity contribution in [3.8, 4) is 0 Å². The summed E-state index contributed by atoms with van der Waals surface area (Å²) in [6, 6.07) is 0. The van der Waals surface area contributed by atoms with Gasteiger partial charge in [0.25, 0.3) is 0 Å². The quantitative estimate of drug-likeness (QED) is 0.349. The summed E-state index contributed by atoms with van der Waals surface area (Å²) in [6.07, 6.45) is 6.95. The van der Waals surface area contributed by atoms with Crippen molar-refractivity contribution >= 4 is 22.5 Å². The summed E-state index contributed by atoms with van der Waals surface area (Å²) < 4.78 is 11.7. The van der Waals surface area contributed by atoms with Gasteiger partial charge >= 0.3 is 108 Å². The molecule has 0 aliphatic heterocycles. The summed E-state index contributed by atoms with van der Waals surface area (Å²) in [6.45, 7) is 8.34. The van der Waals surface area contributed by atoms with Crippen LogP contribution in [-0.2, 0) is 9.47 Å². The molecule has 0 bridgehead atoms. The Kier molecular flexibility index (Phi) is 10.4. The molecule has 0 aromatic carbocycles. The van der Waals surface area contributed by atoms with E-state index >= 15 is 0 Å². The summed E-state index contributed by atoms with van der Waals surface area (Å²) in [7, 11) is 0. The maximum absolute atomic E-state index is 5.93. The van der Waals surface area contributed by atoms with Crippen molar-refractivity contribution in [2.24, 2.45) is 0 Å². The van der Waals surface area contributed by atoms with Gasteiger partial charge in [0.15, 0.2) is 0 Å². The normalized spacial score (nSPS) is 12.2. The molecule has 0 aliphatic rings. The van der Waals surface area contributed by atoms with Crippen LogP contribution in [0.1, 0.15) is 59.3 Å². The molecule has 0 unspecified atom stereocenters. The van der Waals surface area contributed by atoms with E-state index in [-0.39, 0.29) is 3.80 Å². The molecule has 0 heterocycles. The van der Waals surface area contributed by atoms with E-state index in [0.717, 1.165) is 38.9 Å². The summed E-state index contributed by atoms with van der Waals surface area (Å²) in [5.74, 6) is 0. The molecular formula is C12H28O2Sn. The second-order valence-corrected chi connectivity index (χ2v) is 8.64. The molecule has 0 N–H and O–H groups in total. The predicted molar refractivity (Wildman–Crippen MR) is 69.3 cm³/mol. The Bertz CT molecular complexity index is 130. The fourth-order valence-electron chi connectivity index (χ4n) is 1.50. The standard InChI is InChI=1S/C12H25O2.Sn.3H/c1-4-7-10-13-12(9-6-3)14-11-8-5-2;;;;/h4-11H2,1-3H3;;;;. The fourth-order valence-corrected chi connectivity index (χ4v) is 4.10. The first-order valence-electron chi connectivity index (χ1n) is 6.46. The Hall–Kier alpha value is 0.719. The van der Waals surface area contributed by atoms with Gasteiger partial charge in [0.1, 0.15) is 0 Å². The van der Waals surface area contributed by atoms with Crippen LogP contribution < -0.4 is 0 Å². The maximum atomic E-state index is 5.93. The molecule has 0 aliphatic carbocycles. The van der Waals surface area contributed by atoms with Crippen LogP contribution in [0.5, 0.6) is 0 Å². The SMILES string of the molecule is CCCCO[C]([SnH3])(CCC)OCCCC. The van der Waals surface area contributed by atoms with Gasteiger partial charge in [-0.1, -0.05) is 0 Å². The van der Waals surface area contributed by atoms with Crippen molar-refractivity contribution in [1.29, 1.82) is 0 Å². The van der Waals surface area contributed by atoms with Gasteiger partial charge in [0.2, 0.25) is 0 Å². The van der Waals surface area contributed by atoms with Gasteiger partial charge in [-0.05, 0) is 0 Å². The van der Waals surface area contributed by atoms with Crippen LogP contribution in [-0.4, -0.2) is 39.5 Å². The molecule has 0 fully saturated rings. The van der Waals surface area contributed by atoms with E-state index in [1.807, 2.05) is 0 Å². The van der Waals surface area contributed by atoms with E-state index in [9.17, 15) is 0 Å². The first kappa shape index (κ1) is 15.7. The van der Waals surface area contributed by atoms with Crippen LogP contribution in [0, 0.1) is 0 Å². The molecule has 0 radical (unpaired) electrons. The Balaban J connectivity index is 3.83. The van der Waals surface area contributed by atoms with Crippen LogP contribution in [0.3, 0.4) is 0 Å². The van der Waals surface area contributed by atoms with Crippen molar-refractivity contribution in [3.05, 3.63) is 0 Å². The molecule has 92 valence electrons. The Morgan fingerprint density at radius 3 is 1.67 bits per heavy atom. The summed E-state index contributed by atoms with van der Waals surface area (Å²) in [5, 5.41) is 0. The second-order valence-electron chi connectivity index (χ2n) is 4.29. The summed E-state index contributed by atoms with van der Waals surface area (Å²) >= 11 is 0.402. The predicted octanol–water partition coefficient (Wildman–Crippen LogP) is 2.44.